The number of amides is 1. The van der Waals surface area contributed by atoms with Gasteiger partial charge in [0.05, 0.1) is 5.56 Å². The molecule has 0 unspecified atom stereocenters. The van der Waals surface area contributed by atoms with Crippen LogP contribution in [0.15, 0.2) is 55.2 Å². The number of pyridine rings is 1. The van der Waals surface area contributed by atoms with E-state index in [1.165, 1.54) is 6.20 Å². The minimum atomic E-state index is -0.213. The van der Waals surface area contributed by atoms with Gasteiger partial charge in [0, 0.05) is 29.3 Å². The molecule has 2 aromatic heterocycles. The van der Waals surface area contributed by atoms with Crippen LogP contribution in [0.1, 0.15) is 15.9 Å². The molecule has 6 heteroatoms. The van der Waals surface area contributed by atoms with Gasteiger partial charge in [-0.15, -0.1) is 0 Å². The Balaban J connectivity index is 1.77. The number of aryl methyl sites for hydroxylation is 1. The highest BCUT2D eigenvalue weighted by atomic mass is 35.5. The third-order valence-corrected chi connectivity index (χ3v) is 3.45. The minimum absolute atomic E-state index is 0.213. The monoisotopic (exact) mass is 312 g/mol. The van der Waals surface area contributed by atoms with Gasteiger partial charge in [0.25, 0.3) is 5.91 Å². The summed E-state index contributed by atoms with van der Waals surface area (Å²) in [7, 11) is 0. The number of nitrogens with one attached hydrogen (secondary N) is 1. The van der Waals surface area contributed by atoms with Gasteiger partial charge < -0.3 is 5.32 Å². The van der Waals surface area contributed by atoms with E-state index >= 15 is 0 Å². The van der Waals surface area contributed by atoms with Crippen LogP contribution in [-0.4, -0.2) is 20.4 Å². The van der Waals surface area contributed by atoms with Gasteiger partial charge in [-0.05, 0) is 42.8 Å². The summed E-state index contributed by atoms with van der Waals surface area (Å²) in [6.07, 6.45) is 6.65. The molecule has 0 bridgehead atoms. The molecule has 0 saturated carbocycles. The molecule has 5 nitrogen and oxygen atoms in total. The summed E-state index contributed by atoms with van der Waals surface area (Å²) in [5, 5.41) is 3.49. The fourth-order valence-electron chi connectivity index (χ4n) is 2.03. The van der Waals surface area contributed by atoms with Gasteiger partial charge in [0.1, 0.15) is 12.1 Å². The van der Waals surface area contributed by atoms with Crippen LogP contribution < -0.4 is 5.32 Å². The lowest BCUT2D eigenvalue weighted by atomic mass is 10.2. The lowest BCUT2D eigenvalue weighted by Gasteiger charge is -2.09. The molecule has 0 aliphatic carbocycles. The Hall–Kier alpha value is -2.66. The molecular weight excluding hydrogens is 300 g/mol. The Bertz CT molecular complexity index is 798. The second kappa shape index (κ2) is 5.99. The summed E-state index contributed by atoms with van der Waals surface area (Å²) < 4.78 is 1.77. The molecule has 0 spiro atoms. The van der Waals surface area contributed by atoms with Crippen LogP contribution in [0, 0.1) is 6.92 Å². The second-order valence-electron chi connectivity index (χ2n) is 4.79. The first-order valence-corrected chi connectivity index (χ1v) is 7.03. The molecular formula is C16H13ClN4O. The summed E-state index contributed by atoms with van der Waals surface area (Å²) in [4.78, 5) is 20.5. The minimum Gasteiger partial charge on any atom is -0.322 e. The number of hydrogen-bond acceptors (Lipinski definition) is 3. The molecule has 0 atom stereocenters. The number of nitrogens with zero attached hydrogens (tertiary/aromatic N) is 3. The molecule has 22 heavy (non-hydrogen) atoms. The Morgan fingerprint density at radius 3 is 2.77 bits per heavy atom. The number of carbonyl (C=O) groups excluding carboxylic acids is 1. The van der Waals surface area contributed by atoms with Crippen LogP contribution >= 0.6 is 11.6 Å². The van der Waals surface area contributed by atoms with Gasteiger partial charge in [-0.25, -0.2) is 9.97 Å². The maximum absolute atomic E-state index is 12.2. The van der Waals surface area contributed by atoms with Crippen molar-refractivity contribution < 1.29 is 4.79 Å². The van der Waals surface area contributed by atoms with Gasteiger partial charge in [-0.2, -0.15) is 0 Å². The maximum atomic E-state index is 12.2. The highest BCUT2D eigenvalue weighted by molar-refractivity contribution is 6.30. The van der Waals surface area contributed by atoms with Crippen LogP contribution in [-0.2, 0) is 0 Å². The molecule has 110 valence electrons. The Labute approximate surface area is 132 Å². The maximum Gasteiger partial charge on any atom is 0.257 e. The van der Waals surface area contributed by atoms with Crippen molar-refractivity contribution in [3.8, 4) is 5.82 Å². The summed E-state index contributed by atoms with van der Waals surface area (Å²) in [6.45, 7) is 1.89. The van der Waals surface area contributed by atoms with Crippen molar-refractivity contribution in [3.63, 3.8) is 0 Å². The van der Waals surface area contributed by atoms with E-state index < -0.39 is 0 Å². The highest BCUT2D eigenvalue weighted by Crippen LogP contribution is 2.20. The zero-order valence-corrected chi connectivity index (χ0v) is 12.6. The van der Waals surface area contributed by atoms with E-state index in [-0.39, 0.29) is 5.91 Å². The van der Waals surface area contributed by atoms with E-state index in [0.717, 1.165) is 11.3 Å². The average Bonchev–Trinajstić information content (AvgIpc) is 3.04. The Morgan fingerprint density at radius 2 is 2.14 bits per heavy atom. The molecule has 0 radical (unpaired) electrons. The third-order valence-electron chi connectivity index (χ3n) is 3.22. The zero-order chi connectivity index (χ0) is 15.5. The first-order chi connectivity index (χ1) is 10.6. The molecule has 1 amide bonds. The second-order valence-corrected chi connectivity index (χ2v) is 5.22. The number of carbonyl (C=O) groups is 1. The molecule has 1 aromatic carbocycles. The van der Waals surface area contributed by atoms with Crippen LogP contribution in [0.4, 0.5) is 5.69 Å². The molecule has 0 fully saturated rings. The molecule has 2 heterocycles. The standard InChI is InChI=1S/C16H13ClN4O/c1-11-8-13(17)3-4-14(11)20-16(22)12-2-5-15(19-9-12)21-7-6-18-10-21/h2-10H,1H3,(H,20,22). The number of benzene rings is 1. The van der Waals surface area contributed by atoms with E-state index in [2.05, 4.69) is 15.3 Å². The molecule has 0 saturated heterocycles. The van der Waals surface area contributed by atoms with Gasteiger partial charge in [-0.1, -0.05) is 11.6 Å². The fraction of sp³-hybridized carbons (Fsp3) is 0.0625. The largest absolute Gasteiger partial charge is 0.322 e. The highest BCUT2D eigenvalue weighted by Gasteiger charge is 2.09. The van der Waals surface area contributed by atoms with Gasteiger partial charge in [-0.3, -0.25) is 9.36 Å². The van der Waals surface area contributed by atoms with E-state index in [4.69, 9.17) is 11.6 Å². The summed E-state index contributed by atoms with van der Waals surface area (Å²) in [6, 6.07) is 8.82. The predicted molar refractivity (Wildman–Crippen MR) is 85.5 cm³/mol. The number of imidazole rings is 1. The zero-order valence-electron chi connectivity index (χ0n) is 11.8. The predicted octanol–water partition coefficient (Wildman–Crippen LogP) is 3.48. The van der Waals surface area contributed by atoms with Crippen molar-refractivity contribution in [2.75, 3.05) is 5.32 Å². The number of aromatic nitrogens is 3. The van der Waals surface area contributed by atoms with Crippen molar-refractivity contribution in [2.24, 2.45) is 0 Å². The van der Waals surface area contributed by atoms with Gasteiger partial charge >= 0.3 is 0 Å². The van der Waals surface area contributed by atoms with E-state index in [1.54, 1.807) is 53.6 Å². The fourth-order valence-corrected chi connectivity index (χ4v) is 2.26. The van der Waals surface area contributed by atoms with E-state index in [1.807, 2.05) is 6.92 Å². The van der Waals surface area contributed by atoms with Crippen LogP contribution in [0.5, 0.6) is 0 Å². The normalized spacial score (nSPS) is 10.5. The van der Waals surface area contributed by atoms with Gasteiger partial charge in [0.15, 0.2) is 0 Å². The molecule has 3 rings (SSSR count). The summed E-state index contributed by atoms with van der Waals surface area (Å²) in [5.74, 6) is 0.492. The van der Waals surface area contributed by atoms with Crippen molar-refractivity contribution in [2.45, 2.75) is 6.92 Å². The van der Waals surface area contributed by atoms with E-state index in [0.29, 0.717) is 16.4 Å². The first-order valence-electron chi connectivity index (χ1n) is 6.65. The number of rotatable bonds is 3. The number of hydrogen-bond donors (Lipinski definition) is 1. The number of anilines is 1. The van der Waals surface area contributed by atoms with Crippen LogP contribution in [0.25, 0.3) is 5.82 Å². The number of halogens is 1. The Morgan fingerprint density at radius 1 is 1.27 bits per heavy atom. The van der Waals surface area contributed by atoms with E-state index in [9.17, 15) is 4.79 Å². The molecule has 0 aliphatic heterocycles. The van der Waals surface area contributed by atoms with Crippen molar-refractivity contribution in [1.82, 2.24) is 14.5 Å². The van der Waals surface area contributed by atoms with Crippen LogP contribution in [0.3, 0.4) is 0 Å². The summed E-state index contributed by atoms with van der Waals surface area (Å²) >= 11 is 5.91. The lowest BCUT2D eigenvalue weighted by Crippen LogP contribution is -2.13. The van der Waals surface area contributed by atoms with Gasteiger partial charge in [0.2, 0.25) is 0 Å². The average molecular weight is 313 g/mol. The topological polar surface area (TPSA) is 59.8 Å². The molecule has 1 N–H and O–H groups in total. The van der Waals surface area contributed by atoms with Crippen molar-refractivity contribution in [3.05, 3.63) is 71.4 Å². The SMILES string of the molecule is Cc1cc(Cl)ccc1NC(=O)c1ccc(-n2ccnc2)nc1. The third kappa shape index (κ3) is 2.99. The van der Waals surface area contributed by atoms with Crippen molar-refractivity contribution in [1.29, 1.82) is 0 Å². The van der Waals surface area contributed by atoms with Crippen molar-refractivity contribution >= 4 is 23.2 Å². The van der Waals surface area contributed by atoms with Crippen LogP contribution in [0.2, 0.25) is 5.02 Å². The summed E-state index contributed by atoms with van der Waals surface area (Å²) in [5.41, 5.74) is 2.12. The quantitative estimate of drug-likeness (QED) is 0.805. The lowest BCUT2D eigenvalue weighted by molar-refractivity contribution is 0.102. The molecule has 3 aromatic rings. The Kier molecular flexibility index (Phi) is 3.89. The first kappa shape index (κ1) is 14.3. The smallest absolute Gasteiger partial charge is 0.257 e. The molecule has 0 aliphatic rings.